The van der Waals surface area contributed by atoms with Crippen LogP contribution >= 0.6 is 15.9 Å². The van der Waals surface area contributed by atoms with E-state index in [1.807, 2.05) is 39.0 Å². The van der Waals surface area contributed by atoms with Gasteiger partial charge in [0, 0.05) is 21.5 Å². The normalized spacial score (nSPS) is 12.7. The number of hydrogen-bond acceptors (Lipinski definition) is 2. The number of benzene rings is 1. The molecule has 96 valence electrons. The highest BCUT2D eigenvalue weighted by Crippen LogP contribution is 2.28. The Balaban J connectivity index is 2.40. The number of carbonyl (C=O) groups is 1. The second-order valence-corrected chi connectivity index (χ2v) is 5.40. The minimum Gasteiger partial charge on any atom is -0.451 e. The molecule has 1 heterocycles. The largest absolute Gasteiger partial charge is 0.451 e. The lowest BCUT2D eigenvalue weighted by molar-refractivity contribution is 0.0912. The molecule has 0 aliphatic heterocycles. The molecule has 0 radical (unpaired) electrons. The van der Waals surface area contributed by atoms with E-state index < -0.39 is 0 Å². The van der Waals surface area contributed by atoms with E-state index in [0.717, 1.165) is 27.4 Å². The van der Waals surface area contributed by atoms with Crippen LogP contribution in [0.1, 0.15) is 36.4 Å². The molecule has 1 aromatic carbocycles. The Morgan fingerprint density at radius 2 is 2.22 bits per heavy atom. The maximum Gasteiger partial charge on any atom is 0.287 e. The average molecular weight is 310 g/mol. The number of nitrogens with one attached hydrogen (secondary N) is 1. The standard InChI is InChI=1S/C14H16BrNO2/c1-4-8(2)16-14(17)13-9(3)11-7-10(15)5-6-12(11)18-13/h5-8H,4H2,1-3H3,(H,16,17)/t8-/m1/s1. The first-order valence-electron chi connectivity index (χ1n) is 6.02. The van der Waals surface area contributed by atoms with Crippen LogP contribution in [0.4, 0.5) is 0 Å². The first-order chi connectivity index (χ1) is 8.52. The van der Waals surface area contributed by atoms with Crippen LogP contribution in [0.15, 0.2) is 27.1 Å². The van der Waals surface area contributed by atoms with E-state index in [1.54, 1.807) is 0 Å². The van der Waals surface area contributed by atoms with Crippen LogP contribution in [0.3, 0.4) is 0 Å². The van der Waals surface area contributed by atoms with Gasteiger partial charge in [0.1, 0.15) is 5.58 Å². The molecule has 1 aromatic heterocycles. The van der Waals surface area contributed by atoms with E-state index in [1.165, 1.54) is 0 Å². The lowest BCUT2D eigenvalue weighted by Crippen LogP contribution is -2.32. The molecule has 3 nitrogen and oxygen atoms in total. The van der Waals surface area contributed by atoms with Crippen LogP contribution in [0.2, 0.25) is 0 Å². The minimum atomic E-state index is -0.144. The second-order valence-electron chi connectivity index (χ2n) is 4.48. The highest BCUT2D eigenvalue weighted by molar-refractivity contribution is 9.10. The maximum absolute atomic E-state index is 12.1. The Kier molecular flexibility index (Phi) is 3.76. The predicted molar refractivity (Wildman–Crippen MR) is 75.9 cm³/mol. The highest BCUT2D eigenvalue weighted by Gasteiger charge is 2.18. The first kappa shape index (κ1) is 13.1. The lowest BCUT2D eigenvalue weighted by Gasteiger charge is -2.09. The van der Waals surface area contributed by atoms with Crippen molar-refractivity contribution in [3.8, 4) is 0 Å². The van der Waals surface area contributed by atoms with Gasteiger partial charge in [-0.05, 0) is 38.5 Å². The average Bonchev–Trinajstić information content (AvgIpc) is 2.66. The van der Waals surface area contributed by atoms with Gasteiger partial charge < -0.3 is 9.73 Å². The molecule has 0 saturated heterocycles. The first-order valence-corrected chi connectivity index (χ1v) is 6.81. The highest BCUT2D eigenvalue weighted by atomic mass is 79.9. The molecule has 0 aliphatic rings. The summed E-state index contributed by atoms with van der Waals surface area (Å²) < 4.78 is 6.61. The maximum atomic E-state index is 12.1. The van der Waals surface area contributed by atoms with Crippen LogP contribution in [0.5, 0.6) is 0 Å². The fourth-order valence-corrected chi connectivity index (χ4v) is 2.16. The van der Waals surface area contributed by atoms with E-state index in [-0.39, 0.29) is 11.9 Å². The van der Waals surface area contributed by atoms with Gasteiger partial charge >= 0.3 is 0 Å². The van der Waals surface area contributed by atoms with Crippen LogP contribution in [-0.4, -0.2) is 11.9 Å². The van der Waals surface area contributed by atoms with Crippen molar-refractivity contribution in [1.29, 1.82) is 0 Å². The Bertz CT molecular complexity index is 589. The number of rotatable bonds is 3. The van der Waals surface area contributed by atoms with Crippen molar-refractivity contribution in [2.45, 2.75) is 33.2 Å². The number of fused-ring (bicyclic) bond motifs is 1. The molecule has 0 saturated carbocycles. The SMILES string of the molecule is CC[C@@H](C)NC(=O)c1oc2ccc(Br)cc2c1C. The molecule has 4 heteroatoms. The zero-order chi connectivity index (χ0) is 13.3. The van der Waals surface area contributed by atoms with E-state index in [2.05, 4.69) is 21.2 Å². The third kappa shape index (κ3) is 2.43. The van der Waals surface area contributed by atoms with Gasteiger partial charge in [-0.1, -0.05) is 22.9 Å². The van der Waals surface area contributed by atoms with E-state index in [9.17, 15) is 4.79 Å². The summed E-state index contributed by atoms with van der Waals surface area (Å²) in [4.78, 5) is 12.1. The van der Waals surface area contributed by atoms with Gasteiger partial charge in [0.25, 0.3) is 5.91 Å². The zero-order valence-corrected chi connectivity index (χ0v) is 12.3. The van der Waals surface area contributed by atoms with Gasteiger partial charge in [-0.3, -0.25) is 4.79 Å². The lowest BCUT2D eigenvalue weighted by atomic mass is 10.1. The fraction of sp³-hybridized carbons (Fsp3) is 0.357. The van der Waals surface area contributed by atoms with E-state index >= 15 is 0 Å². The molecule has 1 N–H and O–H groups in total. The summed E-state index contributed by atoms with van der Waals surface area (Å²) in [7, 11) is 0. The van der Waals surface area contributed by atoms with Gasteiger partial charge in [0.15, 0.2) is 5.76 Å². The third-order valence-corrected chi connectivity index (χ3v) is 3.59. The van der Waals surface area contributed by atoms with Crippen molar-refractivity contribution in [1.82, 2.24) is 5.32 Å². The number of carbonyl (C=O) groups excluding carboxylic acids is 1. The topological polar surface area (TPSA) is 42.2 Å². The summed E-state index contributed by atoms with van der Waals surface area (Å²) in [6.45, 7) is 5.92. The van der Waals surface area contributed by atoms with E-state index in [0.29, 0.717) is 5.76 Å². The minimum absolute atomic E-state index is 0.144. The van der Waals surface area contributed by atoms with Crippen LogP contribution in [0, 0.1) is 6.92 Å². The molecule has 0 spiro atoms. The van der Waals surface area contributed by atoms with Crippen LogP contribution in [0.25, 0.3) is 11.0 Å². The van der Waals surface area contributed by atoms with Gasteiger partial charge in [-0.2, -0.15) is 0 Å². The molecule has 0 fully saturated rings. The van der Waals surface area contributed by atoms with Crippen molar-refractivity contribution in [3.05, 3.63) is 34.0 Å². The Morgan fingerprint density at radius 1 is 1.50 bits per heavy atom. The molecular formula is C14H16BrNO2. The number of amides is 1. The molecule has 0 aliphatic carbocycles. The summed E-state index contributed by atoms with van der Waals surface area (Å²) in [6.07, 6.45) is 0.899. The number of aryl methyl sites for hydroxylation is 1. The number of hydrogen-bond donors (Lipinski definition) is 1. The summed E-state index contributed by atoms with van der Waals surface area (Å²) in [5.74, 6) is 0.262. The van der Waals surface area contributed by atoms with Crippen LogP contribution in [-0.2, 0) is 0 Å². The molecule has 2 aromatic rings. The summed E-state index contributed by atoms with van der Waals surface area (Å²) in [6, 6.07) is 5.89. The van der Waals surface area contributed by atoms with Crippen molar-refractivity contribution >= 4 is 32.8 Å². The second kappa shape index (κ2) is 5.14. The fourth-order valence-electron chi connectivity index (χ4n) is 1.80. The molecule has 0 bridgehead atoms. The van der Waals surface area contributed by atoms with Gasteiger partial charge in [-0.15, -0.1) is 0 Å². The number of halogens is 1. The molecular weight excluding hydrogens is 294 g/mol. The van der Waals surface area contributed by atoms with Crippen molar-refractivity contribution in [2.24, 2.45) is 0 Å². The monoisotopic (exact) mass is 309 g/mol. The Morgan fingerprint density at radius 3 is 2.89 bits per heavy atom. The Labute approximate surface area is 115 Å². The van der Waals surface area contributed by atoms with Gasteiger partial charge in [-0.25, -0.2) is 0 Å². The smallest absolute Gasteiger partial charge is 0.287 e. The quantitative estimate of drug-likeness (QED) is 0.930. The van der Waals surface area contributed by atoms with Crippen molar-refractivity contribution < 1.29 is 9.21 Å². The van der Waals surface area contributed by atoms with E-state index in [4.69, 9.17) is 4.42 Å². The summed E-state index contributed by atoms with van der Waals surface area (Å²) in [5.41, 5.74) is 1.62. The summed E-state index contributed by atoms with van der Waals surface area (Å²) in [5, 5.41) is 3.89. The number of furan rings is 1. The Hall–Kier alpha value is -1.29. The zero-order valence-electron chi connectivity index (χ0n) is 10.7. The molecule has 2 rings (SSSR count). The van der Waals surface area contributed by atoms with Crippen molar-refractivity contribution in [3.63, 3.8) is 0 Å². The molecule has 0 unspecified atom stereocenters. The molecule has 1 atom stereocenters. The molecule has 18 heavy (non-hydrogen) atoms. The van der Waals surface area contributed by atoms with Gasteiger partial charge in [0.2, 0.25) is 0 Å². The van der Waals surface area contributed by atoms with Crippen LogP contribution < -0.4 is 5.32 Å². The summed E-state index contributed by atoms with van der Waals surface area (Å²) >= 11 is 3.42. The molecule has 1 amide bonds. The third-order valence-electron chi connectivity index (χ3n) is 3.09. The predicted octanol–water partition coefficient (Wildman–Crippen LogP) is 4.03. The van der Waals surface area contributed by atoms with Crippen molar-refractivity contribution in [2.75, 3.05) is 0 Å². The van der Waals surface area contributed by atoms with Gasteiger partial charge in [0.05, 0.1) is 0 Å².